The van der Waals surface area contributed by atoms with Crippen molar-refractivity contribution in [2.24, 2.45) is 0 Å². The molecule has 0 amide bonds. The van der Waals surface area contributed by atoms with E-state index in [0.717, 1.165) is 38.0 Å². The number of halogens is 1. The summed E-state index contributed by atoms with van der Waals surface area (Å²) in [6.07, 6.45) is 2.18. The Morgan fingerprint density at radius 2 is 2.22 bits per heavy atom. The third-order valence-electron chi connectivity index (χ3n) is 3.62. The molecule has 0 bridgehead atoms. The summed E-state index contributed by atoms with van der Waals surface area (Å²) in [5.74, 6) is -0.267. The molecule has 1 heterocycles. The fraction of sp³-hybridized carbons (Fsp3) is 0.571. The summed E-state index contributed by atoms with van der Waals surface area (Å²) in [4.78, 5) is 2.29. The van der Waals surface area contributed by atoms with E-state index < -0.39 is 0 Å². The second kappa shape index (κ2) is 5.24. The minimum Gasteiger partial charge on any atom is -0.399 e. The zero-order chi connectivity index (χ0) is 13.2. The maximum atomic E-state index is 13.3. The van der Waals surface area contributed by atoms with Gasteiger partial charge in [0.25, 0.3) is 0 Å². The van der Waals surface area contributed by atoms with Gasteiger partial charge in [0, 0.05) is 25.9 Å². The molecule has 1 aromatic rings. The standard InChI is InChI=1S/C14H21FN2O/c1-14(18-2)4-3-5-17(10-14)9-11-6-12(15)8-13(16)7-11/h6-8H,3-5,9-10,16H2,1-2H3. The SMILES string of the molecule is COC1(C)CCCN(Cc2cc(N)cc(F)c2)C1. The first kappa shape index (κ1) is 13.3. The monoisotopic (exact) mass is 252 g/mol. The number of likely N-dealkylation sites (tertiary alicyclic amines) is 1. The number of nitrogen functional groups attached to an aromatic ring is 1. The average Bonchev–Trinajstić information content (AvgIpc) is 2.27. The number of piperidine rings is 1. The van der Waals surface area contributed by atoms with Crippen LogP contribution in [0.4, 0.5) is 10.1 Å². The van der Waals surface area contributed by atoms with Crippen molar-refractivity contribution in [3.63, 3.8) is 0 Å². The van der Waals surface area contributed by atoms with Crippen molar-refractivity contribution in [3.8, 4) is 0 Å². The van der Waals surface area contributed by atoms with Crippen molar-refractivity contribution in [2.45, 2.75) is 31.9 Å². The van der Waals surface area contributed by atoms with E-state index in [1.54, 1.807) is 13.2 Å². The second-order valence-electron chi connectivity index (χ2n) is 5.36. The van der Waals surface area contributed by atoms with Crippen LogP contribution in [0.1, 0.15) is 25.3 Å². The Labute approximate surface area is 108 Å². The number of methoxy groups -OCH3 is 1. The highest BCUT2D eigenvalue weighted by atomic mass is 19.1. The van der Waals surface area contributed by atoms with Gasteiger partial charge in [-0.1, -0.05) is 0 Å². The quantitative estimate of drug-likeness (QED) is 0.840. The number of hydrogen-bond acceptors (Lipinski definition) is 3. The van der Waals surface area contributed by atoms with Gasteiger partial charge < -0.3 is 10.5 Å². The van der Waals surface area contributed by atoms with E-state index in [2.05, 4.69) is 11.8 Å². The minimum absolute atomic E-state index is 0.0862. The Hall–Kier alpha value is -1.13. The van der Waals surface area contributed by atoms with E-state index in [1.807, 2.05) is 6.07 Å². The van der Waals surface area contributed by atoms with Crippen molar-refractivity contribution < 1.29 is 9.13 Å². The van der Waals surface area contributed by atoms with Crippen molar-refractivity contribution in [1.82, 2.24) is 4.90 Å². The molecule has 18 heavy (non-hydrogen) atoms. The van der Waals surface area contributed by atoms with Crippen LogP contribution in [0.2, 0.25) is 0 Å². The highest BCUT2D eigenvalue weighted by molar-refractivity contribution is 5.41. The summed E-state index contributed by atoms with van der Waals surface area (Å²) < 4.78 is 18.8. The van der Waals surface area contributed by atoms with E-state index >= 15 is 0 Å². The van der Waals surface area contributed by atoms with Gasteiger partial charge in [-0.25, -0.2) is 4.39 Å². The number of hydrogen-bond donors (Lipinski definition) is 1. The number of nitrogens with zero attached hydrogens (tertiary/aromatic N) is 1. The van der Waals surface area contributed by atoms with Gasteiger partial charge in [0.05, 0.1) is 5.60 Å². The molecule has 1 aromatic carbocycles. The lowest BCUT2D eigenvalue weighted by molar-refractivity contribution is -0.0527. The van der Waals surface area contributed by atoms with Crippen LogP contribution < -0.4 is 5.73 Å². The Kier molecular flexibility index (Phi) is 3.88. The molecule has 4 heteroatoms. The number of nitrogens with two attached hydrogens (primary N) is 1. The van der Waals surface area contributed by atoms with E-state index in [-0.39, 0.29) is 11.4 Å². The molecule has 0 saturated carbocycles. The fourth-order valence-corrected chi connectivity index (χ4v) is 2.63. The Balaban J connectivity index is 2.04. The molecule has 1 atom stereocenters. The van der Waals surface area contributed by atoms with Crippen LogP contribution in [-0.2, 0) is 11.3 Å². The second-order valence-corrected chi connectivity index (χ2v) is 5.36. The third-order valence-corrected chi connectivity index (χ3v) is 3.62. The highest BCUT2D eigenvalue weighted by Gasteiger charge is 2.30. The van der Waals surface area contributed by atoms with Crippen LogP contribution in [0, 0.1) is 5.82 Å². The van der Waals surface area contributed by atoms with Crippen LogP contribution in [0.25, 0.3) is 0 Å². The summed E-state index contributed by atoms with van der Waals surface area (Å²) in [5.41, 5.74) is 6.98. The molecular formula is C14H21FN2O. The van der Waals surface area contributed by atoms with Gasteiger partial charge in [-0.05, 0) is 50.1 Å². The van der Waals surface area contributed by atoms with E-state index in [1.165, 1.54) is 6.07 Å². The average molecular weight is 252 g/mol. The van der Waals surface area contributed by atoms with Crippen molar-refractivity contribution >= 4 is 5.69 Å². The zero-order valence-electron chi connectivity index (χ0n) is 11.1. The number of benzene rings is 1. The lowest BCUT2D eigenvalue weighted by Crippen LogP contribution is -2.46. The predicted molar refractivity (Wildman–Crippen MR) is 70.7 cm³/mol. The van der Waals surface area contributed by atoms with Crippen molar-refractivity contribution in [2.75, 3.05) is 25.9 Å². The first-order valence-corrected chi connectivity index (χ1v) is 6.33. The Morgan fingerprint density at radius 3 is 2.89 bits per heavy atom. The lowest BCUT2D eigenvalue weighted by Gasteiger charge is -2.39. The molecular weight excluding hydrogens is 231 g/mol. The fourth-order valence-electron chi connectivity index (χ4n) is 2.63. The largest absolute Gasteiger partial charge is 0.399 e. The molecule has 1 saturated heterocycles. The van der Waals surface area contributed by atoms with Crippen molar-refractivity contribution in [1.29, 1.82) is 0 Å². The summed E-state index contributed by atoms with van der Waals surface area (Å²) in [6, 6.07) is 4.73. The molecule has 2 N–H and O–H groups in total. The summed E-state index contributed by atoms with van der Waals surface area (Å²) in [5, 5.41) is 0. The van der Waals surface area contributed by atoms with Gasteiger partial charge in [0.1, 0.15) is 5.82 Å². The molecule has 0 aliphatic carbocycles. The normalized spacial score (nSPS) is 25.3. The smallest absolute Gasteiger partial charge is 0.125 e. The molecule has 100 valence electrons. The van der Waals surface area contributed by atoms with Gasteiger partial charge >= 0.3 is 0 Å². The highest BCUT2D eigenvalue weighted by Crippen LogP contribution is 2.25. The maximum absolute atomic E-state index is 13.3. The van der Waals surface area contributed by atoms with Crippen LogP contribution >= 0.6 is 0 Å². The first-order valence-electron chi connectivity index (χ1n) is 6.33. The number of ether oxygens (including phenoxy) is 1. The molecule has 1 fully saturated rings. The van der Waals surface area contributed by atoms with Crippen molar-refractivity contribution in [3.05, 3.63) is 29.6 Å². The van der Waals surface area contributed by atoms with E-state index in [0.29, 0.717) is 5.69 Å². The molecule has 0 spiro atoms. The molecule has 1 aliphatic heterocycles. The number of rotatable bonds is 3. The summed E-state index contributed by atoms with van der Waals surface area (Å²) in [6.45, 7) is 4.75. The zero-order valence-corrected chi connectivity index (χ0v) is 11.1. The molecule has 0 radical (unpaired) electrons. The molecule has 3 nitrogen and oxygen atoms in total. The molecule has 1 unspecified atom stereocenters. The van der Waals surface area contributed by atoms with Crippen LogP contribution in [0.15, 0.2) is 18.2 Å². The minimum atomic E-state index is -0.267. The molecule has 0 aromatic heterocycles. The van der Waals surface area contributed by atoms with Gasteiger partial charge in [0.15, 0.2) is 0 Å². The molecule has 2 rings (SSSR count). The molecule has 1 aliphatic rings. The van der Waals surface area contributed by atoms with Crippen LogP contribution in [-0.4, -0.2) is 30.7 Å². The first-order chi connectivity index (χ1) is 8.50. The Bertz CT molecular complexity index is 404. The van der Waals surface area contributed by atoms with Crippen LogP contribution in [0.3, 0.4) is 0 Å². The van der Waals surface area contributed by atoms with Gasteiger partial charge in [0.2, 0.25) is 0 Å². The predicted octanol–water partition coefficient (Wildman–Crippen LogP) is 2.41. The number of anilines is 1. The van der Waals surface area contributed by atoms with Gasteiger partial charge in [-0.15, -0.1) is 0 Å². The topological polar surface area (TPSA) is 38.5 Å². The summed E-state index contributed by atoms with van der Waals surface area (Å²) >= 11 is 0. The Morgan fingerprint density at radius 1 is 1.44 bits per heavy atom. The maximum Gasteiger partial charge on any atom is 0.125 e. The van der Waals surface area contributed by atoms with Crippen LogP contribution in [0.5, 0.6) is 0 Å². The van der Waals surface area contributed by atoms with Gasteiger partial charge in [-0.2, -0.15) is 0 Å². The lowest BCUT2D eigenvalue weighted by atomic mass is 9.94. The van der Waals surface area contributed by atoms with E-state index in [9.17, 15) is 4.39 Å². The van der Waals surface area contributed by atoms with E-state index in [4.69, 9.17) is 10.5 Å². The van der Waals surface area contributed by atoms with Gasteiger partial charge in [-0.3, -0.25) is 4.90 Å². The third kappa shape index (κ3) is 3.21. The summed E-state index contributed by atoms with van der Waals surface area (Å²) in [7, 11) is 1.75.